The number of carbonyl (C=O) groups is 1. The Bertz CT molecular complexity index is 1320. The van der Waals surface area contributed by atoms with Crippen molar-refractivity contribution in [2.75, 3.05) is 20.8 Å². The summed E-state index contributed by atoms with van der Waals surface area (Å²) in [5, 5.41) is 4.11. The summed E-state index contributed by atoms with van der Waals surface area (Å²) in [6.45, 7) is 0.880. The Labute approximate surface area is 197 Å². The summed E-state index contributed by atoms with van der Waals surface area (Å²) in [6.07, 6.45) is 0.721. The number of aromatic nitrogens is 1. The van der Waals surface area contributed by atoms with Crippen molar-refractivity contribution in [2.45, 2.75) is 19.0 Å². The van der Waals surface area contributed by atoms with Crippen molar-refractivity contribution in [3.63, 3.8) is 0 Å². The lowest BCUT2D eigenvalue weighted by atomic mass is 9.92. The number of rotatable bonds is 5. The molecule has 0 spiro atoms. The minimum Gasteiger partial charge on any atom is -0.497 e. The molecule has 2 heterocycles. The van der Waals surface area contributed by atoms with E-state index >= 15 is 0 Å². The highest BCUT2D eigenvalue weighted by Crippen LogP contribution is 2.39. The second-order valence-corrected chi connectivity index (χ2v) is 8.33. The van der Waals surface area contributed by atoms with E-state index in [2.05, 4.69) is 10.3 Å². The third-order valence-corrected chi connectivity index (χ3v) is 6.38. The maximum atomic E-state index is 13.4. The number of halogens is 1. The van der Waals surface area contributed by atoms with Gasteiger partial charge in [0.05, 0.1) is 20.3 Å². The number of hydrogen-bond donors (Lipinski definition) is 2. The molecule has 3 aromatic carbocycles. The minimum atomic E-state index is -0.298. The van der Waals surface area contributed by atoms with Crippen LogP contribution < -0.4 is 14.8 Å². The Morgan fingerprint density at radius 1 is 1.03 bits per heavy atom. The van der Waals surface area contributed by atoms with Crippen LogP contribution in [0.2, 0.25) is 0 Å². The van der Waals surface area contributed by atoms with Crippen LogP contribution in [0.3, 0.4) is 0 Å². The zero-order valence-corrected chi connectivity index (χ0v) is 19.1. The highest BCUT2D eigenvalue weighted by molar-refractivity contribution is 5.87. The molecule has 0 saturated heterocycles. The standard InChI is InChI=1S/C27H26FN3O3/c1-33-20-9-5-18(6-10-20)26-25-22(23-15-21(34-2)11-12-24(23)30-25)13-14-31(26)27(32)29-16-17-3-7-19(28)8-4-17/h3-12,15,26,30H,13-14,16H2,1-2H3,(H,29,32). The lowest BCUT2D eigenvalue weighted by Crippen LogP contribution is -2.45. The Balaban J connectivity index is 1.50. The highest BCUT2D eigenvalue weighted by Gasteiger charge is 2.34. The van der Waals surface area contributed by atoms with Crippen molar-refractivity contribution in [1.82, 2.24) is 15.2 Å². The van der Waals surface area contributed by atoms with Gasteiger partial charge in [0, 0.05) is 29.7 Å². The average Bonchev–Trinajstić information content (AvgIpc) is 3.25. The molecule has 4 aromatic rings. The Kier molecular flexibility index (Phi) is 5.84. The SMILES string of the molecule is COc1ccc(C2c3[nH]c4ccc(OC)cc4c3CCN2C(=O)NCc2ccc(F)cc2)cc1. The molecule has 1 aromatic heterocycles. The van der Waals surface area contributed by atoms with Crippen LogP contribution in [0, 0.1) is 5.82 Å². The summed E-state index contributed by atoms with van der Waals surface area (Å²) in [4.78, 5) is 18.8. The normalized spacial score (nSPS) is 15.1. The van der Waals surface area contributed by atoms with Crippen LogP contribution >= 0.6 is 0 Å². The number of urea groups is 1. The molecule has 2 amide bonds. The fraction of sp³-hybridized carbons (Fsp3) is 0.222. The number of fused-ring (bicyclic) bond motifs is 3. The van der Waals surface area contributed by atoms with Crippen molar-refractivity contribution < 1.29 is 18.7 Å². The van der Waals surface area contributed by atoms with E-state index in [1.807, 2.05) is 47.4 Å². The first-order valence-corrected chi connectivity index (χ1v) is 11.2. The van der Waals surface area contributed by atoms with Crippen molar-refractivity contribution in [3.05, 3.63) is 94.9 Å². The van der Waals surface area contributed by atoms with E-state index in [1.165, 1.54) is 17.7 Å². The number of hydrogen-bond acceptors (Lipinski definition) is 3. The molecule has 0 bridgehead atoms. The Morgan fingerprint density at radius 2 is 1.74 bits per heavy atom. The smallest absolute Gasteiger partial charge is 0.318 e. The third-order valence-electron chi connectivity index (χ3n) is 6.38. The van der Waals surface area contributed by atoms with Crippen molar-refractivity contribution in [2.24, 2.45) is 0 Å². The number of amides is 2. The van der Waals surface area contributed by atoms with Crippen LogP contribution in [0.25, 0.3) is 10.9 Å². The molecule has 0 aliphatic carbocycles. The number of methoxy groups -OCH3 is 2. The quantitative estimate of drug-likeness (QED) is 0.432. The van der Waals surface area contributed by atoms with Gasteiger partial charge in [-0.2, -0.15) is 0 Å². The van der Waals surface area contributed by atoms with E-state index in [0.29, 0.717) is 13.1 Å². The number of H-pyrrole nitrogens is 1. The van der Waals surface area contributed by atoms with E-state index in [1.54, 1.807) is 26.4 Å². The second-order valence-electron chi connectivity index (χ2n) is 8.33. The van der Waals surface area contributed by atoms with Crippen LogP contribution in [0.1, 0.15) is 28.4 Å². The van der Waals surface area contributed by atoms with Gasteiger partial charge < -0.3 is 24.7 Å². The molecule has 1 aliphatic rings. The summed E-state index contributed by atoms with van der Waals surface area (Å²) >= 11 is 0. The van der Waals surface area contributed by atoms with Crippen molar-refractivity contribution in [3.8, 4) is 11.5 Å². The van der Waals surface area contributed by atoms with Gasteiger partial charge in [0.15, 0.2) is 0 Å². The zero-order valence-electron chi connectivity index (χ0n) is 19.1. The molecule has 0 radical (unpaired) electrons. The largest absolute Gasteiger partial charge is 0.497 e. The first-order chi connectivity index (χ1) is 16.6. The lowest BCUT2D eigenvalue weighted by molar-refractivity contribution is 0.179. The van der Waals surface area contributed by atoms with Crippen LogP contribution in [0.4, 0.5) is 9.18 Å². The Hall–Kier alpha value is -4.00. The van der Waals surface area contributed by atoms with Gasteiger partial charge in [-0.3, -0.25) is 0 Å². The first kappa shape index (κ1) is 21.8. The maximum Gasteiger partial charge on any atom is 0.318 e. The van der Waals surface area contributed by atoms with E-state index in [4.69, 9.17) is 9.47 Å². The van der Waals surface area contributed by atoms with Crippen molar-refractivity contribution in [1.29, 1.82) is 0 Å². The lowest BCUT2D eigenvalue weighted by Gasteiger charge is -2.36. The van der Waals surface area contributed by atoms with Gasteiger partial charge in [0.25, 0.3) is 0 Å². The minimum absolute atomic E-state index is 0.174. The number of carbonyl (C=O) groups excluding carboxylic acids is 1. The van der Waals surface area contributed by atoms with E-state index < -0.39 is 0 Å². The van der Waals surface area contributed by atoms with Crippen LogP contribution in [-0.2, 0) is 13.0 Å². The summed E-state index contributed by atoms with van der Waals surface area (Å²) in [7, 11) is 3.29. The molecular formula is C27H26FN3O3. The van der Waals surface area contributed by atoms with Gasteiger partial charge >= 0.3 is 6.03 Å². The maximum absolute atomic E-state index is 13.4. The third kappa shape index (κ3) is 4.05. The van der Waals surface area contributed by atoms with Gasteiger partial charge in [0.1, 0.15) is 17.3 Å². The predicted molar refractivity (Wildman–Crippen MR) is 129 cm³/mol. The van der Waals surface area contributed by atoms with Gasteiger partial charge in [-0.1, -0.05) is 24.3 Å². The van der Waals surface area contributed by atoms with Gasteiger partial charge in [-0.15, -0.1) is 0 Å². The first-order valence-electron chi connectivity index (χ1n) is 11.2. The molecule has 1 aliphatic heterocycles. The second kappa shape index (κ2) is 9.09. The monoisotopic (exact) mass is 459 g/mol. The number of benzene rings is 3. The predicted octanol–water partition coefficient (Wildman–Crippen LogP) is 5.18. The molecule has 1 atom stereocenters. The van der Waals surface area contributed by atoms with Crippen molar-refractivity contribution >= 4 is 16.9 Å². The summed E-state index contributed by atoms with van der Waals surface area (Å²) in [6, 6.07) is 19.5. The fourth-order valence-electron chi connectivity index (χ4n) is 4.63. The molecule has 6 nitrogen and oxygen atoms in total. The molecule has 5 rings (SSSR count). The van der Waals surface area contributed by atoms with Gasteiger partial charge in [-0.25, -0.2) is 9.18 Å². The van der Waals surface area contributed by atoms with Crippen LogP contribution in [0.5, 0.6) is 11.5 Å². The van der Waals surface area contributed by atoms with E-state index in [0.717, 1.165) is 45.6 Å². The topological polar surface area (TPSA) is 66.6 Å². The molecule has 34 heavy (non-hydrogen) atoms. The fourth-order valence-corrected chi connectivity index (χ4v) is 4.63. The molecule has 0 saturated carbocycles. The van der Waals surface area contributed by atoms with Crippen LogP contribution in [-0.4, -0.2) is 36.7 Å². The molecule has 7 heteroatoms. The van der Waals surface area contributed by atoms with E-state index in [9.17, 15) is 9.18 Å². The number of nitrogens with zero attached hydrogens (tertiary/aromatic N) is 1. The molecular weight excluding hydrogens is 433 g/mol. The summed E-state index contributed by atoms with van der Waals surface area (Å²) in [5.41, 5.74) is 5.02. The average molecular weight is 460 g/mol. The zero-order chi connectivity index (χ0) is 23.7. The van der Waals surface area contributed by atoms with Crippen LogP contribution in [0.15, 0.2) is 66.7 Å². The number of aromatic amines is 1. The summed E-state index contributed by atoms with van der Waals surface area (Å²) in [5.74, 6) is 1.26. The van der Waals surface area contributed by atoms with Gasteiger partial charge in [0.2, 0.25) is 0 Å². The number of ether oxygens (including phenoxy) is 2. The van der Waals surface area contributed by atoms with E-state index in [-0.39, 0.29) is 17.9 Å². The van der Waals surface area contributed by atoms with Gasteiger partial charge in [-0.05, 0) is 65.6 Å². The summed E-state index contributed by atoms with van der Waals surface area (Å²) < 4.78 is 24.0. The molecule has 0 fully saturated rings. The highest BCUT2D eigenvalue weighted by atomic mass is 19.1. The number of nitrogens with one attached hydrogen (secondary N) is 2. The molecule has 174 valence electrons. The molecule has 1 unspecified atom stereocenters. The Morgan fingerprint density at radius 3 is 2.44 bits per heavy atom. The molecule has 2 N–H and O–H groups in total.